The van der Waals surface area contributed by atoms with Crippen LogP contribution in [0.4, 0.5) is 5.69 Å². The molecule has 2 heterocycles. The second kappa shape index (κ2) is 8.01. The van der Waals surface area contributed by atoms with Gasteiger partial charge in [0.25, 0.3) is 11.2 Å². The molecule has 0 spiro atoms. The van der Waals surface area contributed by atoms with Crippen LogP contribution in [0.3, 0.4) is 0 Å². The van der Waals surface area contributed by atoms with Gasteiger partial charge in [0.2, 0.25) is 0 Å². The maximum atomic E-state index is 12.6. The number of nitrogens with zero attached hydrogens (tertiary/aromatic N) is 3. The zero-order chi connectivity index (χ0) is 19.7. The number of rotatable bonds is 4. The van der Waals surface area contributed by atoms with Gasteiger partial charge in [0, 0.05) is 48.3 Å². The molecule has 2 aromatic rings. The van der Waals surface area contributed by atoms with Gasteiger partial charge >= 0.3 is 0 Å². The van der Waals surface area contributed by atoms with E-state index in [4.69, 9.17) is 16.6 Å². The molecular formula is C20H23ClN4O3. The normalized spacial score (nSPS) is 18.0. The third-order valence-electron chi connectivity index (χ3n) is 5.80. The van der Waals surface area contributed by atoms with Gasteiger partial charge in [-0.25, -0.2) is 4.98 Å². The Morgan fingerprint density at radius 3 is 2.82 bits per heavy atom. The Morgan fingerprint density at radius 1 is 1.29 bits per heavy atom. The first-order valence-corrected chi connectivity index (χ1v) is 10.2. The lowest BCUT2D eigenvalue weighted by Gasteiger charge is -2.29. The zero-order valence-corrected chi connectivity index (χ0v) is 16.4. The second-order valence-electron chi connectivity index (χ2n) is 7.70. The van der Waals surface area contributed by atoms with Crippen molar-refractivity contribution in [3.8, 4) is 0 Å². The molecule has 1 N–H and O–H groups in total. The van der Waals surface area contributed by atoms with E-state index < -0.39 is 4.92 Å². The summed E-state index contributed by atoms with van der Waals surface area (Å²) in [6, 6.07) is 4.50. The molecule has 0 bridgehead atoms. The molecule has 0 amide bonds. The smallest absolute Gasteiger partial charge is 0.269 e. The summed E-state index contributed by atoms with van der Waals surface area (Å²) in [4.78, 5) is 33.2. The Labute approximate surface area is 167 Å². The number of aromatic nitrogens is 2. The van der Waals surface area contributed by atoms with Crippen LogP contribution in [0.25, 0.3) is 0 Å². The maximum absolute atomic E-state index is 12.6. The van der Waals surface area contributed by atoms with Gasteiger partial charge in [-0.3, -0.25) is 19.8 Å². The summed E-state index contributed by atoms with van der Waals surface area (Å²) in [5.74, 6) is 1.16. The van der Waals surface area contributed by atoms with Gasteiger partial charge in [0.05, 0.1) is 10.6 Å². The Balaban J connectivity index is 1.56. The molecular weight excluding hydrogens is 380 g/mol. The fourth-order valence-corrected chi connectivity index (χ4v) is 4.43. The molecule has 1 aliphatic heterocycles. The molecule has 4 rings (SSSR count). The van der Waals surface area contributed by atoms with E-state index >= 15 is 0 Å². The molecule has 28 heavy (non-hydrogen) atoms. The topological polar surface area (TPSA) is 92.1 Å². The van der Waals surface area contributed by atoms with Crippen LogP contribution in [0.5, 0.6) is 0 Å². The number of aromatic amines is 1. The molecule has 1 aliphatic carbocycles. The minimum absolute atomic E-state index is 0.0152. The summed E-state index contributed by atoms with van der Waals surface area (Å²) in [7, 11) is 0. The SMILES string of the molecule is O=c1[nH]c(C2CCCCC2)nc2c1CCN(Cc1cc([N+](=O)[O-])ccc1Cl)C2. The standard InChI is InChI=1S/C20H23ClN4O3/c21-17-7-6-15(25(27)28)10-14(17)11-24-9-8-16-18(12-24)22-19(23-20(16)26)13-4-2-1-3-5-13/h6-7,10,13H,1-5,8-9,11-12H2,(H,22,23,26). The highest BCUT2D eigenvalue weighted by Crippen LogP contribution is 2.31. The first-order valence-electron chi connectivity index (χ1n) is 9.78. The molecule has 0 radical (unpaired) electrons. The van der Waals surface area contributed by atoms with E-state index in [9.17, 15) is 14.9 Å². The maximum Gasteiger partial charge on any atom is 0.269 e. The average Bonchev–Trinajstić information content (AvgIpc) is 2.70. The van der Waals surface area contributed by atoms with Crippen LogP contribution in [0.1, 0.15) is 60.7 Å². The lowest BCUT2D eigenvalue weighted by atomic mass is 9.88. The molecule has 1 fully saturated rings. The van der Waals surface area contributed by atoms with E-state index in [2.05, 4.69) is 9.88 Å². The van der Waals surface area contributed by atoms with Crippen LogP contribution in [-0.2, 0) is 19.5 Å². The number of non-ortho nitro benzene ring substituents is 1. The number of nitrogens with one attached hydrogen (secondary N) is 1. The number of nitro benzene ring substituents is 1. The number of hydrogen-bond donors (Lipinski definition) is 1. The summed E-state index contributed by atoms with van der Waals surface area (Å²) in [5, 5.41) is 11.6. The number of fused-ring (bicyclic) bond motifs is 1. The molecule has 1 aromatic heterocycles. The van der Waals surface area contributed by atoms with Crippen molar-refractivity contribution in [3.05, 3.63) is 66.3 Å². The fraction of sp³-hybridized carbons (Fsp3) is 0.500. The average molecular weight is 403 g/mol. The lowest BCUT2D eigenvalue weighted by Crippen LogP contribution is -2.35. The lowest BCUT2D eigenvalue weighted by molar-refractivity contribution is -0.384. The van der Waals surface area contributed by atoms with Crippen LogP contribution in [0, 0.1) is 10.1 Å². The number of H-pyrrole nitrogens is 1. The molecule has 7 nitrogen and oxygen atoms in total. The van der Waals surface area contributed by atoms with E-state index in [1.54, 1.807) is 6.07 Å². The van der Waals surface area contributed by atoms with Crippen molar-refractivity contribution < 1.29 is 4.92 Å². The predicted octanol–water partition coefficient (Wildman–Crippen LogP) is 3.94. The third kappa shape index (κ3) is 3.95. The molecule has 1 aromatic carbocycles. The van der Waals surface area contributed by atoms with Crippen molar-refractivity contribution in [3.63, 3.8) is 0 Å². The number of hydrogen-bond acceptors (Lipinski definition) is 5. The molecule has 1 saturated carbocycles. The van der Waals surface area contributed by atoms with Crippen LogP contribution in [0.15, 0.2) is 23.0 Å². The molecule has 0 atom stereocenters. The minimum Gasteiger partial charge on any atom is -0.310 e. The summed E-state index contributed by atoms with van der Waals surface area (Å²) in [6.45, 7) is 1.74. The van der Waals surface area contributed by atoms with Crippen molar-refractivity contribution >= 4 is 17.3 Å². The van der Waals surface area contributed by atoms with Crippen molar-refractivity contribution in [2.45, 2.75) is 57.5 Å². The van der Waals surface area contributed by atoms with E-state index in [1.807, 2.05) is 0 Å². The van der Waals surface area contributed by atoms with Crippen LogP contribution >= 0.6 is 11.6 Å². The van der Waals surface area contributed by atoms with Crippen molar-refractivity contribution in [2.75, 3.05) is 6.54 Å². The van der Waals surface area contributed by atoms with Gasteiger partial charge in [-0.1, -0.05) is 30.9 Å². The van der Waals surface area contributed by atoms with E-state index in [1.165, 1.54) is 31.4 Å². The molecule has 8 heteroatoms. The van der Waals surface area contributed by atoms with Crippen molar-refractivity contribution in [1.29, 1.82) is 0 Å². The highest BCUT2D eigenvalue weighted by molar-refractivity contribution is 6.31. The molecule has 0 unspecified atom stereocenters. The molecule has 148 valence electrons. The van der Waals surface area contributed by atoms with Crippen LogP contribution in [0.2, 0.25) is 5.02 Å². The van der Waals surface area contributed by atoms with E-state index in [0.717, 1.165) is 35.5 Å². The first kappa shape index (κ1) is 19.1. The summed E-state index contributed by atoms with van der Waals surface area (Å²) in [6.07, 6.45) is 6.40. The van der Waals surface area contributed by atoms with Crippen molar-refractivity contribution in [2.24, 2.45) is 0 Å². The fourth-order valence-electron chi connectivity index (χ4n) is 4.25. The number of benzene rings is 1. The highest BCUT2D eigenvalue weighted by Gasteiger charge is 2.25. The first-order chi connectivity index (χ1) is 13.5. The summed E-state index contributed by atoms with van der Waals surface area (Å²) in [5.41, 5.74) is 2.33. The Bertz CT molecular complexity index is 953. The van der Waals surface area contributed by atoms with Crippen LogP contribution < -0.4 is 5.56 Å². The van der Waals surface area contributed by atoms with Gasteiger partial charge in [0.15, 0.2) is 0 Å². The van der Waals surface area contributed by atoms with Gasteiger partial charge in [-0.15, -0.1) is 0 Å². The van der Waals surface area contributed by atoms with E-state index in [0.29, 0.717) is 37.0 Å². The summed E-state index contributed by atoms with van der Waals surface area (Å²) >= 11 is 6.25. The summed E-state index contributed by atoms with van der Waals surface area (Å²) < 4.78 is 0. The Morgan fingerprint density at radius 2 is 2.07 bits per heavy atom. The molecule has 0 saturated heterocycles. The Kier molecular flexibility index (Phi) is 5.46. The Hall–Kier alpha value is -2.25. The van der Waals surface area contributed by atoms with Gasteiger partial charge < -0.3 is 4.98 Å². The van der Waals surface area contributed by atoms with E-state index in [-0.39, 0.29) is 11.2 Å². The molecule has 2 aliphatic rings. The van der Waals surface area contributed by atoms with Gasteiger partial charge in [-0.05, 0) is 30.9 Å². The minimum atomic E-state index is -0.414. The number of nitro groups is 1. The highest BCUT2D eigenvalue weighted by atomic mass is 35.5. The monoisotopic (exact) mass is 402 g/mol. The quantitative estimate of drug-likeness (QED) is 0.617. The second-order valence-corrected chi connectivity index (χ2v) is 8.11. The van der Waals surface area contributed by atoms with Crippen molar-refractivity contribution in [1.82, 2.24) is 14.9 Å². The van der Waals surface area contributed by atoms with Gasteiger partial charge in [-0.2, -0.15) is 0 Å². The zero-order valence-electron chi connectivity index (χ0n) is 15.6. The number of halogens is 1. The van der Waals surface area contributed by atoms with Crippen LogP contribution in [-0.4, -0.2) is 26.3 Å². The predicted molar refractivity (Wildman–Crippen MR) is 107 cm³/mol. The third-order valence-corrected chi connectivity index (χ3v) is 6.17. The largest absolute Gasteiger partial charge is 0.310 e. The van der Waals surface area contributed by atoms with Gasteiger partial charge in [0.1, 0.15) is 5.82 Å².